The molecule has 2 heteroatoms. The SMILES string of the molecule is OCC1(CNCCCCc2ccccc2)CCCC1. The molecule has 1 saturated carbocycles. The number of aliphatic hydroxyl groups is 1. The topological polar surface area (TPSA) is 32.3 Å². The molecule has 0 unspecified atom stereocenters. The van der Waals surface area contributed by atoms with Crippen LogP contribution in [-0.4, -0.2) is 24.8 Å². The number of unbranched alkanes of at least 4 members (excludes halogenated alkanes) is 1. The Labute approximate surface area is 117 Å². The Kier molecular flexibility index (Phi) is 5.87. The van der Waals surface area contributed by atoms with Crippen LogP contribution < -0.4 is 5.32 Å². The van der Waals surface area contributed by atoms with E-state index in [0.29, 0.717) is 6.61 Å². The molecule has 0 atom stereocenters. The molecular formula is C17H27NO. The monoisotopic (exact) mass is 261 g/mol. The highest BCUT2D eigenvalue weighted by Crippen LogP contribution is 2.36. The minimum atomic E-state index is 0.194. The molecule has 2 N–H and O–H groups in total. The van der Waals surface area contributed by atoms with Crippen LogP contribution in [0.15, 0.2) is 30.3 Å². The number of nitrogens with one attached hydrogen (secondary N) is 1. The molecule has 106 valence electrons. The van der Waals surface area contributed by atoms with E-state index in [0.717, 1.165) is 13.1 Å². The van der Waals surface area contributed by atoms with Gasteiger partial charge in [0.1, 0.15) is 0 Å². The number of rotatable bonds is 8. The molecule has 0 aromatic heterocycles. The van der Waals surface area contributed by atoms with E-state index in [-0.39, 0.29) is 5.41 Å². The maximum absolute atomic E-state index is 9.53. The van der Waals surface area contributed by atoms with Gasteiger partial charge in [-0.3, -0.25) is 0 Å². The summed E-state index contributed by atoms with van der Waals surface area (Å²) in [5.74, 6) is 0. The standard InChI is InChI=1S/C17H27NO/c19-15-17(11-5-6-12-17)14-18-13-7-4-10-16-8-2-1-3-9-16/h1-3,8-9,18-19H,4-7,10-15H2. The van der Waals surface area contributed by atoms with E-state index in [1.165, 1.54) is 50.5 Å². The first kappa shape index (κ1) is 14.5. The van der Waals surface area contributed by atoms with E-state index >= 15 is 0 Å². The summed E-state index contributed by atoms with van der Waals surface area (Å²) in [7, 11) is 0. The van der Waals surface area contributed by atoms with Crippen molar-refractivity contribution in [2.45, 2.75) is 44.9 Å². The zero-order valence-electron chi connectivity index (χ0n) is 11.9. The van der Waals surface area contributed by atoms with Crippen molar-refractivity contribution < 1.29 is 5.11 Å². The second-order valence-electron chi connectivity index (χ2n) is 5.98. The van der Waals surface area contributed by atoms with Gasteiger partial charge in [0.2, 0.25) is 0 Å². The molecule has 0 saturated heterocycles. The highest BCUT2D eigenvalue weighted by molar-refractivity contribution is 5.14. The van der Waals surface area contributed by atoms with Crippen LogP contribution in [0.4, 0.5) is 0 Å². The summed E-state index contributed by atoms with van der Waals surface area (Å²) in [4.78, 5) is 0. The average Bonchev–Trinajstić information content (AvgIpc) is 2.93. The van der Waals surface area contributed by atoms with Gasteiger partial charge in [0.25, 0.3) is 0 Å². The fraction of sp³-hybridized carbons (Fsp3) is 0.647. The lowest BCUT2D eigenvalue weighted by atomic mass is 9.87. The zero-order valence-corrected chi connectivity index (χ0v) is 11.9. The quantitative estimate of drug-likeness (QED) is 0.705. The second kappa shape index (κ2) is 7.66. The summed E-state index contributed by atoms with van der Waals surface area (Å²) in [5, 5.41) is 13.1. The molecule has 0 bridgehead atoms. The zero-order chi connectivity index (χ0) is 13.4. The number of benzene rings is 1. The van der Waals surface area contributed by atoms with E-state index in [1.54, 1.807) is 0 Å². The summed E-state index contributed by atoms with van der Waals surface area (Å²) in [6, 6.07) is 10.7. The van der Waals surface area contributed by atoms with E-state index in [9.17, 15) is 5.11 Å². The lowest BCUT2D eigenvalue weighted by Gasteiger charge is -2.26. The molecule has 0 aliphatic heterocycles. The molecule has 0 radical (unpaired) electrons. The van der Waals surface area contributed by atoms with Gasteiger partial charge in [-0.1, -0.05) is 43.2 Å². The van der Waals surface area contributed by atoms with Gasteiger partial charge >= 0.3 is 0 Å². The van der Waals surface area contributed by atoms with Gasteiger partial charge in [0.15, 0.2) is 0 Å². The van der Waals surface area contributed by atoms with Crippen molar-refractivity contribution in [3.05, 3.63) is 35.9 Å². The summed E-state index contributed by atoms with van der Waals surface area (Å²) in [6.45, 7) is 2.42. The highest BCUT2D eigenvalue weighted by atomic mass is 16.3. The van der Waals surface area contributed by atoms with Crippen molar-refractivity contribution in [3.63, 3.8) is 0 Å². The minimum Gasteiger partial charge on any atom is -0.396 e. The molecule has 1 aromatic rings. The molecule has 2 nitrogen and oxygen atoms in total. The van der Waals surface area contributed by atoms with Gasteiger partial charge in [-0.2, -0.15) is 0 Å². The normalized spacial score (nSPS) is 17.7. The molecule has 1 fully saturated rings. The Hall–Kier alpha value is -0.860. The van der Waals surface area contributed by atoms with Gasteiger partial charge in [-0.25, -0.2) is 0 Å². The van der Waals surface area contributed by atoms with E-state index in [4.69, 9.17) is 0 Å². The van der Waals surface area contributed by atoms with Gasteiger partial charge < -0.3 is 10.4 Å². The second-order valence-corrected chi connectivity index (χ2v) is 5.98. The lowest BCUT2D eigenvalue weighted by Crippen LogP contribution is -2.35. The molecule has 0 amide bonds. The third kappa shape index (κ3) is 4.63. The Balaban J connectivity index is 1.55. The predicted octanol–water partition coefficient (Wildman–Crippen LogP) is 3.15. The predicted molar refractivity (Wildman–Crippen MR) is 80.2 cm³/mol. The van der Waals surface area contributed by atoms with Gasteiger partial charge in [0.05, 0.1) is 0 Å². The van der Waals surface area contributed by atoms with E-state index < -0.39 is 0 Å². The molecule has 0 spiro atoms. The summed E-state index contributed by atoms with van der Waals surface area (Å²) < 4.78 is 0. The van der Waals surface area contributed by atoms with Gasteiger partial charge in [0, 0.05) is 18.6 Å². The average molecular weight is 261 g/mol. The first-order valence-corrected chi connectivity index (χ1v) is 7.70. The van der Waals surface area contributed by atoms with E-state index in [1.807, 2.05) is 0 Å². The first-order chi connectivity index (χ1) is 9.35. The Morgan fingerprint density at radius 3 is 2.47 bits per heavy atom. The maximum atomic E-state index is 9.53. The minimum absolute atomic E-state index is 0.194. The number of hydrogen-bond acceptors (Lipinski definition) is 2. The highest BCUT2D eigenvalue weighted by Gasteiger charge is 2.32. The van der Waals surface area contributed by atoms with Gasteiger partial charge in [-0.05, 0) is 44.2 Å². The van der Waals surface area contributed by atoms with Crippen LogP contribution in [0.25, 0.3) is 0 Å². The maximum Gasteiger partial charge on any atom is 0.0499 e. The van der Waals surface area contributed by atoms with Crippen LogP contribution in [0.2, 0.25) is 0 Å². The van der Waals surface area contributed by atoms with Crippen LogP contribution >= 0.6 is 0 Å². The first-order valence-electron chi connectivity index (χ1n) is 7.70. The Morgan fingerprint density at radius 2 is 1.79 bits per heavy atom. The summed E-state index contributed by atoms with van der Waals surface area (Å²) in [6.07, 6.45) is 8.60. The fourth-order valence-corrected chi connectivity index (χ4v) is 3.09. The third-order valence-corrected chi connectivity index (χ3v) is 4.41. The molecule has 1 aliphatic carbocycles. The Morgan fingerprint density at radius 1 is 1.05 bits per heavy atom. The molecule has 1 aliphatic rings. The Bertz CT molecular complexity index is 344. The summed E-state index contributed by atoms with van der Waals surface area (Å²) >= 11 is 0. The number of hydrogen-bond donors (Lipinski definition) is 2. The lowest BCUT2D eigenvalue weighted by molar-refractivity contribution is 0.128. The molecule has 19 heavy (non-hydrogen) atoms. The molecule has 1 aromatic carbocycles. The number of aliphatic hydroxyl groups excluding tert-OH is 1. The van der Waals surface area contributed by atoms with E-state index in [2.05, 4.69) is 35.6 Å². The molecular weight excluding hydrogens is 234 g/mol. The van der Waals surface area contributed by atoms with Crippen molar-refractivity contribution in [1.82, 2.24) is 5.32 Å². The third-order valence-electron chi connectivity index (χ3n) is 4.41. The van der Waals surface area contributed by atoms with Crippen LogP contribution in [-0.2, 0) is 6.42 Å². The summed E-state index contributed by atoms with van der Waals surface area (Å²) in [5.41, 5.74) is 1.63. The molecule has 2 rings (SSSR count). The van der Waals surface area contributed by atoms with Crippen molar-refractivity contribution >= 4 is 0 Å². The van der Waals surface area contributed by atoms with Crippen LogP contribution in [0.5, 0.6) is 0 Å². The fourth-order valence-electron chi connectivity index (χ4n) is 3.09. The largest absolute Gasteiger partial charge is 0.396 e. The van der Waals surface area contributed by atoms with Crippen LogP contribution in [0.3, 0.4) is 0 Å². The van der Waals surface area contributed by atoms with Crippen molar-refractivity contribution in [3.8, 4) is 0 Å². The smallest absolute Gasteiger partial charge is 0.0499 e. The number of aryl methyl sites for hydroxylation is 1. The van der Waals surface area contributed by atoms with Crippen molar-refractivity contribution in [2.75, 3.05) is 19.7 Å². The van der Waals surface area contributed by atoms with Crippen molar-refractivity contribution in [2.24, 2.45) is 5.41 Å². The van der Waals surface area contributed by atoms with Crippen LogP contribution in [0.1, 0.15) is 44.1 Å². The van der Waals surface area contributed by atoms with Crippen molar-refractivity contribution in [1.29, 1.82) is 0 Å². The van der Waals surface area contributed by atoms with Crippen LogP contribution in [0, 0.1) is 5.41 Å². The molecule has 0 heterocycles. The van der Waals surface area contributed by atoms with Gasteiger partial charge in [-0.15, -0.1) is 0 Å².